The Morgan fingerprint density at radius 1 is 1.37 bits per heavy atom. The first-order valence-corrected chi connectivity index (χ1v) is 7.55. The van der Waals surface area contributed by atoms with Crippen LogP contribution in [-0.2, 0) is 9.53 Å². The molecule has 3 nitrogen and oxygen atoms in total. The van der Waals surface area contributed by atoms with E-state index in [9.17, 15) is 4.79 Å². The summed E-state index contributed by atoms with van der Waals surface area (Å²) in [5.41, 5.74) is 1.28. The van der Waals surface area contributed by atoms with E-state index >= 15 is 0 Å². The largest absolute Gasteiger partial charge is 0.468 e. The van der Waals surface area contributed by atoms with Gasteiger partial charge >= 0.3 is 5.97 Å². The minimum atomic E-state index is -0.221. The van der Waals surface area contributed by atoms with E-state index in [0.29, 0.717) is 0 Å². The molecule has 0 saturated carbocycles. The van der Waals surface area contributed by atoms with E-state index in [0.717, 1.165) is 12.2 Å². The van der Waals surface area contributed by atoms with E-state index in [1.165, 1.54) is 17.6 Å². The van der Waals surface area contributed by atoms with Crippen molar-refractivity contribution in [3.63, 3.8) is 0 Å². The van der Waals surface area contributed by atoms with E-state index in [-0.39, 0.29) is 18.1 Å². The number of hydrogen-bond acceptors (Lipinski definition) is 4. The van der Waals surface area contributed by atoms with Crippen molar-refractivity contribution in [1.82, 2.24) is 5.32 Å². The molecule has 1 rings (SSSR count). The molecule has 0 aliphatic carbocycles. The van der Waals surface area contributed by atoms with Crippen molar-refractivity contribution in [3.05, 3.63) is 29.8 Å². The Kier molecular flexibility index (Phi) is 6.95. The van der Waals surface area contributed by atoms with Crippen molar-refractivity contribution >= 4 is 17.7 Å². The number of nitrogens with one attached hydrogen (secondary N) is 1. The standard InChI is InChI=1S/C15H23NO2S/c1-11(2)16-13(15(17)18-4)9-10-19-14-8-6-5-7-12(14)3/h5-8,11,13,16H,9-10H2,1-4H3. The summed E-state index contributed by atoms with van der Waals surface area (Å²) in [7, 11) is 1.44. The molecule has 0 spiro atoms. The predicted octanol–water partition coefficient (Wildman–Crippen LogP) is 3.02. The quantitative estimate of drug-likeness (QED) is 0.616. The molecule has 0 aliphatic heterocycles. The fraction of sp³-hybridized carbons (Fsp3) is 0.533. The topological polar surface area (TPSA) is 38.3 Å². The summed E-state index contributed by atoms with van der Waals surface area (Å²) in [6.45, 7) is 6.17. The van der Waals surface area contributed by atoms with Crippen LogP contribution in [0.1, 0.15) is 25.8 Å². The number of carbonyl (C=O) groups is 1. The average Bonchev–Trinajstić information content (AvgIpc) is 2.38. The minimum Gasteiger partial charge on any atom is -0.468 e. The zero-order valence-electron chi connectivity index (χ0n) is 12.1. The number of ether oxygens (including phenoxy) is 1. The van der Waals surface area contributed by atoms with Gasteiger partial charge in [-0.05, 0) is 25.0 Å². The van der Waals surface area contributed by atoms with Gasteiger partial charge in [0.15, 0.2) is 0 Å². The van der Waals surface area contributed by atoms with Crippen LogP contribution in [0.2, 0.25) is 0 Å². The second-order valence-corrected chi connectivity index (χ2v) is 5.94. The van der Waals surface area contributed by atoms with Gasteiger partial charge in [0.1, 0.15) is 6.04 Å². The van der Waals surface area contributed by atoms with Crippen molar-refractivity contribution in [2.75, 3.05) is 12.9 Å². The molecule has 1 N–H and O–H groups in total. The fourth-order valence-corrected chi connectivity index (χ4v) is 2.86. The van der Waals surface area contributed by atoms with Crippen LogP contribution in [0.25, 0.3) is 0 Å². The van der Waals surface area contributed by atoms with Crippen LogP contribution in [0.5, 0.6) is 0 Å². The van der Waals surface area contributed by atoms with Gasteiger partial charge in [-0.15, -0.1) is 11.8 Å². The van der Waals surface area contributed by atoms with E-state index < -0.39 is 0 Å². The summed E-state index contributed by atoms with van der Waals surface area (Å²) in [5, 5.41) is 3.24. The molecule has 0 bridgehead atoms. The zero-order valence-corrected chi connectivity index (χ0v) is 12.9. The van der Waals surface area contributed by atoms with E-state index in [4.69, 9.17) is 4.74 Å². The van der Waals surface area contributed by atoms with Crippen LogP contribution < -0.4 is 5.32 Å². The van der Waals surface area contributed by atoms with Crippen LogP contribution in [0.15, 0.2) is 29.2 Å². The minimum absolute atomic E-state index is 0.181. The summed E-state index contributed by atoms with van der Waals surface area (Å²) < 4.78 is 4.83. The summed E-state index contributed by atoms with van der Waals surface area (Å²) in [5.74, 6) is 0.712. The maximum absolute atomic E-state index is 11.7. The van der Waals surface area contributed by atoms with Crippen LogP contribution in [0.3, 0.4) is 0 Å². The number of aryl methyl sites for hydroxylation is 1. The summed E-state index contributed by atoms with van der Waals surface area (Å²) in [6, 6.07) is 8.35. The summed E-state index contributed by atoms with van der Waals surface area (Å²) >= 11 is 1.78. The number of methoxy groups -OCH3 is 1. The number of thioether (sulfide) groups is 1. The molecule has 4 heteroatoms. The summed E-state index contributed by atoms with van der Waals surface area (Å²) in [4.78, 5) is 12.9. The highest BCUT2D eigenvalue weighted by Gasteiger charge is 2.19. The second-order valence-electron chi connectivity index (χ2n) is 4.80. The molecular weight excluding hydrogens is 258 g/mol. The lowest BCUT2D eigenvalue weighted by Crippen LogP contribution is -2.41. The Labute approximate surface area is 120 Å². The third-order valence-corrected chi connectivity index (χ3v) is 3.99. The Morgan fingerprint density at radius 3 is 2.63 bits per heavy atom. The van der Waals surface area contributed by atoms with Gasteiger partial charge in [-0.2, -0.15) is 0 Å². The Balaban J connectivity index is 2.48. The van der Waals surface area contributed by atoms with Gasteiger partial charge < -0.3 is 10.1 Å². The van der Waals surface area contributed by atoms with Gasteiger partial charge in [-0.25, -0.2) is 0 Å². The first kappa shape index (κ1) is 16.1. The number of esters is 1. The molecule has 0 fully saturated rings. The van der Waals surface area contributed by atoms with Crippen molar-refractivity contribution in [3.8, 4) is 0 Å². The van der Waals surface area contributed by atoms with Crippen molar-refractivity contribution < 1.29 is 9.53 Å². The monoisotopic (exact) mass is 281 g/mol. The third-order valence-electron chi connectivity index (χ3n) is 2.78. The van der Waals surface area contributed by atoms with Crippen LogP contribution in [0.4, 0.5) is 0 Å². The Hall–Kier alpha value is -1.00. The number of hydrogen-bond donors (Lipinski definition) is 1. The molecule has 106 valence electrons. The van der Waals surface area contributed by atoms with E-state index in [1.807, 2.05) is 26.0 Å². The highest BCUT2D eigenvalue weighted by molar-refractivity contribution is 7.99. The molecule has 1 aromatic carbocycles. The maximum atomic E-state index is 11.7. The van der Waals surface area contributed by atoms with Crippen LogP contribution in [-0.4, -0.2) is 30.9 Å². The third kappa shape index (κ3) is 5.66. The van der Waals surface area contributed by atoms with Gasteiger partial charge in [0.2, 0.25) is 0 Å². The van der Waals surface area contributed by atoms with Gasteiger partial charge in [-0.1, -0.05) is 32.0 Å². The first-order valence-electron chi connectivity index (χ1n) is 6.57. The first-order chi connectivity index (χ1) is 9.04. The van der Waals surface area contributed by atoms with E-state index in [1.54, 1.807) is 11.8 Å². The molecule has 1 atom stereocenters. The molecule has 0 amide bonds. The zero-order chi connectivity index (χ0) is 14.3. The van der Waals surface area contributed by atoms with Crippen LogP contribution in [0, 0.1) is 6.92 Å². The highest BCUT2D eigenvalue weighted by atomic mass is 32.2. The lowest BCUT2D eigenvalue weighted by Gasteiger charge is -2.18. The molecule has 0 aromatic heterocycles. The predicted molar refractivity (Wildman–Crippen MR) is 80.6 cm³/mol. The number of rotatable bonds is 7. The van der Waals surface area contributed by atoms with Gasteiger partial charge in [0, 0.05) is 16.7 Å². The maximum Gasteiger partial charge on any atom is 0.322 e. The lowest BCUT2D eigenvalue weighted by molar-refractivity contribution is -0.143. The molecule has 0 radical (unpaired) electrons. The fourth-order valence-electron chi connectivity index (χ4n) is 1.82. The van der Waals surface area contributed by atoms with Gasteiger partial charge in [0.25, 0.3) is 0 Å². The van der Waals surface area contributed by atoms with Crippen molar-refractivity contribution in [2.24, 2.45) is 0 Å². The highest BCUT2D eigenvalue weighted by Crippen LogP contribution is 2.22. The Morgan fingerprint density at radius 2 is 2.05 bits per heavy atom. The van der Waals surface area contributed by atoms with Gasteiger partial charge in [-0.3, -0.25) is 4.79 Å². The molecule has 1 aromatic rings. The van der Waals surface area contributed by atoms with Crippen molar-refractivity contribution in [2.45, 2.75) is 44.2 Å². The lowest BCUT2D eigenvalue weighted by atomic mass is 10.2. The normalized spacial score (nSPS) is 12.5. The molecule has 0 saturated heterocycles. The smallest absolute Gasteiger partial charge is 0.322 e. The number of benzene rings is 1. The van der Waals surface area contributed by atoms with Crippen LogP contribution >= 0.6 is 11.8 Å². The molecular formula is C15H23NO2S. The van der Waals surface area contributed by atoms with Gasteiger partial charge in [0.05, 0.1) is 7.11 Å². The molecule has 0 aliphatic rings. The SMILES string of the molecule is COC(=O)C(CCSc1ccccc1C)NC(C)C. The van der Waals surface area contributed by atoms with Crippen molar-refractivity contribution in [1.29, 1.82) is 0 Å². The summed E-state index contributed by atoms with van der Waals surface area (Å²) in [6.07, 6.45) is 0.768. The molecule has 1 unspecified atom stereocenters. The average molecular weight is 281 g/mol. The van der Waals surface area contributed by atoms with E-state index in [2.05, 4.69) is 24.4 Å². The Bertz CT molecular complexity index is 407. The molecule has 19 heavy (non-hydrogen) atoms. The second kappa shape index (κ2) is 8.23. The molecule has 0 heterocycles. The number of carbonyl (C=O) groups excluding carboxylic acids is 1.